The number of morpholine rings is 1. The quantitative estimate of drug-likeness (QED) is 0.885. The Morgan fingerprint density at radius 2 is 2.08 bits per heavy atom. The van der Waals surface area contributed by atoms with Crippen molar-refractivity contribution in [1.29, 1.82) is 0 Å². The molecule has 1 aromatic heterocycles. The summed E-state index contributed by atoms with van der Waals surface area (Å²) in [6, 6.07) is 10.4. The largest absolute Gasteiger partial charge is 0.394 e. The van der Waals surface area contributed by atoms with Gasteiger partial charge in [-0.3, -0.25) is 9.58 Å². The molecular weight excluding hydrogens is 302 g/mol. The van der Waals surface area contributed by atoms with E-state index in [9.17, 15) is 5.11 Å². The first-order chi connectivity index (χ1) is 11.7. The minimum Gasteiger partial charge on any atom is -0.394 e. The fourth-order valence-electron chi connectivity index (χ4n) is 3.49. The van der Waals surface area contributed by atoms with Crippen molar-refractivity contribution < 1.29 is 9.84 Å². The highest BCUT2D eigenvalue weighted by Gasteiger charge is 2.33. The number of hydrogen-bond donors (Lipinski definition) is 1. The molecule has 5 heteroatoms. The molecule has 1 saturated heterocycles. The zero-order chi connectivity index (χ0) is 16.9. The summed E-state index contributed by atoms with van der Waals surface area (Å²) < 4.78 is 7.90. The van der Waals surface area contributed by atoms with E-state index in [0.717, 1.165) is 26.1 Å². The normalized spacial score (nSPS) is 22.0. The second-order valence-electron chi connectivity index (χ2n) is 6.40. The van der Waals surface area contributed by atoms with Crippen molar-refractivity contribution in [2.75, 3.05) is 19.8 Å². The number of benzene rings is 1. The van der Waals surface area contributed by atoms with Crippen LogP contribution in [0.4, 0.5) is 0 Å². The van der Waals surface area contributed by atoms with Crippen molar-refractivity contribution in [3.05, 3.63) is 53.3 Å². The van der Waals surface area contributed by atoms with Crippen LogP contribution in [-0.4, -0.2) is 45.6 Å². The van der Waals surface area contributed by atoms with Gasteiger partial charge in [-0.2, -0.15) is 5.10 Å². The molecule has 1 aromatic carbocycles. The molecule has 24 heavy (non-hydrogen) atoms. The van der Waals surface area contributed by atoms with Crippen molar-refractivity contribution >= 4 is 0 Å². The van der Waals surface area contributed by atoms with Gasteiger partial charge < -0.3 is 9.84 Å². The number of nitrogens with zero attached hydrogens (tertiary/aromatic N) is 3. The Morgan fingerprint density at radius 1 is 1.29 bits per heavy atom. The number of rotatable bonds is 6. The van der Waals surface area contributed by atoms with Gasteiger partial charge in [0, 0.05) is 30.9 Å². The van der Waals surface area contributed by atoms with E-state index in [-0.39, 0.29) is 18.8 Å². The van der Waals surface area contributed by atoms with Gasteiger partial charge >= 0.3 is 0 Å². The van der Waals surface area contributed by atoms with Gasteiger partial charge in [-0.1, -0.05) is 37.3 Å². The predicted molar refractivity (Wildman–Crippen MR) is 93.7 cm³/mol. The highest BCUT2D eigenvalue weighted by Crippen LogP contribution is 2.31. The van der Waals surface area contributed by atoms with Crippen LogP contribution in [0, 0.1) is 6.92 Å². The molecule has 1 N–H and O–H groups in total. The van der Waals surface area contributed by atoms with Gasteiger partial charge in [-0.25, -0.2) is 0 Å². The molecule has 1 fully saturated rings. The lowest BCUT2D eigenvalue weighted by molar-refractivity contribution is -0.0961. The molecule has 5 nitrogen and oxygen atoms in total. The van der Waals surface area contributed by atoms with E-state index >= 15 is 0 Å². The minimum absolute atomic E-state index is 0.0319. The SMILES string of the molecule is CCCn1ncc(CN2CCO[C@H](CO)[C@H]2c2ccccc2)c1C. The Kier molecular flexibility index (Phi) is 5.66. The maximum Gasteiger partial charge on any atom is 0.100 e. The number of hydrogen-bond acceptors (Lipinski definition) is 4. The summed E-state index contributed by atoms with van der Waals surface area (Å²) >= 11 is 0. The van der Waals surface area contributed by atoms with Crippen LogP contribution in [0.3, 0.4) is 0 Å². The second kappa shape index (κ2) is 7.92. The molecule has 130 valence electrons. The van der Waals surface area contributed by atoms with Crippen LogP contribution >= 0.6 is 0 Å². The first-order valence-corrected chi connectivity index (χ1v) is 8.77. The maximum absolute atomic E-state index is 9.77. The maximum atomic E-state index is 9.77. The second-order valence-corrected chi connectivity index (χ2v) is 6.40. The van der Waals surface area contributed by atoms with Crippen LogP contribution in [0.15, 0.2) is 36.5 Å². The Hall–Kier alpha value is -1.69. The molecule has 0 radical (unpaired) electrons. The fourth-order valence-corrected chi connectivity index (χ4v) is 3.49. The van der Waals surface area contributed by atoms with Crippen molar-refractivity contribution in [2.45, 2.75) is 45.5 Å². The first-order valence-electron chi connectivity index (χ1n) is 8.77. The molecule has 1 aliphatic rings. The van der Waals surface area contributed by atoms with Gasteiger partial charge in [0.1, 0.15) is 6.10 Å². The molecule has 0 spiro atoms. The Morgan fingerprint density at radius 3 is 2.79 bits per heavy atom. The molecule has 0 unspecified atom stereocenters. The van der Waals surface area contributed by atoms with Crippen LogP contribution in [0.5, 0.6) is 0 Å². The predicted octanol–water partition coefficient (Wildman–Crippen LogP) is 2.54. The molecule has 2 atom stereocenters. The Labute approximate surface area is 143 Å². The lowest BCUT2D eigenvalue weighted by Crippen LogP contribution is -2.46. The monoisotopic (exact) mass is 329 g/mol. The third-order valence-corrected chi connectivity index (χ3v) is 4.79. The molecule has 0 amide bonds. The lowest BCUT2D eigenvalue weighted by atomic mass is 9.98. The lowest BCUT2D eigenvalue weighted by Gasteiger charge is -2.41. The molecule has 2 heterocycles. The number of aryl methyl sites for hydroxylation is 1. The van der Waals surface area contributed by atoms with Gasteiger partial charge in [-0.15, -0.1) is 0 Å². The fraction of sp³-hybridized carbons (Fsp3) is 0.526. The highest BCUT2D eigenvalue weighted by atomic mass is 16.5. The third-order valence-electron chi connectivity index (χ3n) is 4.79. The standard InChI is InChI=1S/C19H27N3O2/c1-3-9-22-15(2)17(12-20-22)13-21-10-11-24-18(14-23)19(21)16-7-5-4-6-8-16/h4-8,12,18-19,23H,3,9-11,13-14H2,1-2H3/t18-,19-/m1/s1. The van der Waals surface area contributed by atoms with E-state index in [4.69, 9.17) is 4.74 Å². The van der Waals surface area contributed by atoms with E-state index in [1.807, 2.05) is 24.4 Å². The zero-order valence-electron chi connectivity index (χ0n) is 14.6. The van der Waals surface area contributed by atoms with E-state index in [1.54, 1.807) is 0 Å². The van der Waals surface area contributed by atoms with Gasteiger partial charge in [0.2, 0.25) is 0 Å². The molecule has 3 rings (SSSR count). The van der Waals surface area contributed by atoms with Crippen LogP contribution in [-0.2, 0) is 17.8 Å². The first kappa shape index (κ1) is 17.1. The topological polar surface area (TPSA) is 50.5 Å². The minimum atomic E-state index is -0.188. The molecule has 0 saturated carbocycles. The molecule has 0 aliphatic carbocycles. The Bertz CT molecular complexity index is 641. The summed E-state index contributed by atoms with van der Waals surface area (Å²) in [5, 5.41) is 14.3. The summed E-state index contributed by atoms with van der Waals surface area (Å²) in [5.74, 6) is 0. The molecule has 1 aliphatic heterocycles. The number of aliphatic hydroxyl groups is 1. The number of ether oxygens (including phenoxy) is 1. The molecule has 0 bridgehead atoms. The summed E-state index contributed by atoms with van der Waals surface area (Å²) in [6.07, 6.45) is 2.88. The average Bonchev–Trinajstić information content (AvgIpc) is 2.96. The van der Waals surface area contributed by atoms with Gasteiger partial charge in [0.15, 0.2) is 0 Å². The van der Waals surface area contributed by atoms with Crippen molar-refractivity contribution in [3.63, 3.8) is 0 Å². The molecule has 2 aromatic rings. The van der Waals surface area contributed by atoms with Gasteiger partial charge in [0.25, 0.3) is 0 Å². The van der Waals surface area contributed by atoms with Crippen LogP contribution in [0.1, 0.15) is 36.2 Å². The number of aromatic nitrogens is 2. The van der Waals surface area contributed by atoms with Crippen LogP contribution in [0.2, 0.25) is 0 Å². The van der Waals surface area contributed by atoms with Crippen molar-refractivity contribution in [3.8, 4) is 0 Å². The van der Waals surface area contributed by atoms with E-state index in [0.29, 0.717) is 6.61 Å². The summed E-state index contributed by atoms with van der Waals surface area (Å²) in [7, 11) is 0. The summed E-state index contributed by atoms with van der Waals surface area (Å²) in [6.45, 7) is 7.63. The van der Waals surface area contributed by atoms with E-state index < -0.39 is 0 Å². The molecular formula is C19H27N3O2. The van der Waals surface area contributed by atoms with Crippen molar-refractivity contribution in [2.24, 2.45) is 0 Å². The zero-order valence-corrected chi connectivity index (χ0v) is 14.6. The van der Waals surface area contributed by atoms with E-state index in [1.165, 1.54) is 16.8 Å². The van der Waals surface area contributed by atoms with Gasteiger partial charge in [-0.05, 0) is 18.9 Å². The third kappa shape index (κ3) is 3.53. The smallest absolute Gasteiger partial charge is 0.100 e. The summed E-state index contributed by atoms with van der Waals surface area (Å²) in [5.41, 5.74) is 3.67. The van der Waals surface area contributed by atoms with Crippen LogP contribution in [0.25, 0.3) is 0 Å². The average molecular weight is 329 g/mol. The number of aliphatic hydroxyl groups excluding tert-OH is 1. The van der Waals surface area contributed by atoms with E-state index in [2.05, 4.69) is 40.7 Å². The van der Waals surface area contributed by atoms with Gasteiger partial charge in [0.05, 0.1) is 25.5 Å². The van der Waals surface area contributed by atoms with Crippen molar-refractivity contribution in [1.82, 2.24) is 14.7 Å². The summed E-state index contributed by atoms with van der Waals surface area (Å²) in [4.78, 5) is 2.40. The van der Waals surface area contributed by atoms with Crippen LogP contribution < -0.4 is 0 Å². The highest BCUT2D eigenvalue weighted by molar-refractivity contribution is 5.23. The Balaban J connectivity index is 1.84.